The van der Waals surface area contributed by atoms with Gasteiger partial charge in [0.2, 0.25) is 0 Å². The SMILES string of the molecule is O=C(NCc1ccco1)Nc1ccccc1O. The molecule has 2 rings (SSSR count). The molecule has 1 heterocycles. The molecule has 5 nitrogen and oxygen atoms in total. The van der Waals surface area contributed by atoms with E-state index in [2.05, 4.69) is 10.6 Å². The largest absolute Gasteiger partial charge is 0.506 e. The van der Waals surface area contributed by atoms with Crippen molar-refractivity contribution >= 4 is 11.7 Å². The molecule has 3 N–H and O–H groups in total. The van der Waals surface area contributed by atoms with Gasteiger partial charge in [0.1, 0.15) is 11.5 Å². The van der Waals surface area contributed by atoms with Gasteiger partial charge in [-0.05, 0) is 24.3 Å². The third-order valence-electron chi connectivity index (χ3n) is 2.16. The van der Waals surface area contributed by atoms with Crippen molar-refractivity contribution in [3.8, 4) is 5.75 Å². The van der Waals surface area contributed by atoms with Crippen molar-refractivity contribution in [2.75, 3.05) is 5.32 Å². The molecule has 1 aromatic carbocycles. The van der Waals surface area contributed by atoms with Gasteiger partial charge >= 0.3 is 6.03 Å². The first-order valence-corrected chi connectivity index (χ1v) is 5.11. The summed E-state index contributed by atoms with van der Waals surface area (Å²) in [6, 6.07) is 9.63. The van der Waals surface area contributed by atoms with Crippen molar-refractivity contribution in [3.63, 3.8) is 0 Å². The highest BCUT2D eigenvalue weighted by Crippen LogP contribution is 2.21. The molecule has 2 amide bonds. The van der Waals surface area contributed by atoms with Crippen LogP contribution in [-0.2, 0) is 6.54 Å². The molecule has 2 aromatic rings. The van der Waals surface area contributed by atoms with Gasteiger partial charge in [0.05, 0.1) is 18.5 Å². The van der Waals surface area contributed by atoms with Gasteiger partial charge in [-0.25, -0.2) is 4.79 Å². The predicted octanol–water partition coefficient (Wildman–Crippen LogP) is 2.31. The summed E-state index contributed by atoms with van der Waals surface area (Å²) < 4.78 is 5.07. The standard InChI is InChI=1S/C12H12N2O3/c15-11-6-2-1-5-10(11)14-12(16)13-8-9-4-3-7-17-9/h1-7,15H,8H2,(H2,13,14,16). The Morgan fingerprint density at radius 3 is 2.76 bits per heavy atom. The van der Waals surface area contributed by atoms with Crippen LogP contribution in [0.25, 0.3) is 0 Å². The van der Waals surface area contributed by atoms with Crippen LogP contribution < -0.4 is 10.6 Å². The van der Waals surface area contributed by atoms with Crippen LogP contribution in [0.4, 0.5) is 10.5 Å². The second-order valence-electron chi connectivity index (χ2n) is 3.40. The van der Waals surface area contributed by atoms with E-state index < -0.39 is 6.03 Å². The predicted molar refractivity (Wildman–Crippen MR) is 62.7 cm³/mol. The highest BCUT2D eigenvalue weighted by atomic mass is 16.3. The van der Waals surface area contributed by atoms with Gasteiger partial charge in [0.15, 0.2) is 0 Å². The van der Waals surface area contributed by atoms with E-state index in [4.69, 9.17) is 4.42 Å². The maximum absolute atomic E-state index is 11.5. The van der Waals surface area contributed by atoms with Gasteiger partial charge in [-0.1, -0.05) is 12.1 Å². The summed E-state index contributed by atoms with van der Waals surface area (Å²) in [5.41, 5.74) is 0.365. The van der Waals surface area contributed by atoms with Gasteiger partial charge in [0.25, 0.3) is 0 Å². The van der Waals surface area contributed by atoms with Crippen LogP contribution in [0.1, 0.15) is 5.76 Å². The number of phenolic OH excluding ortho intramolecular Hbond substituents is 1. The fourth-order valence-corrected chi connectivity index (χ4v) is 1.33. The smallest absolute Gasteiger partial charge is 0.319 e. The minimum Gasteiger partial charge on any atom is -0.506 e. The van der Waals surface area contributed by atoms with Crippen LogP contribution in [0, 0.1) is 0 Å². The molecular formula is C12H12N2O3. The number of phenols is 1. The first-order valence-electron chi connectivity index (χ1n) is 5.11. The lowest BCUT2D eigenvalue weighted by atomic mass is 10.3. The number of carbonyl (C=O) groups is 1. The molecule has 0 aliphatic rings. The Labute approximate surface area is 98.1 Å². The van der Waals surface area contributed by atoms with Gasteiger partial charge in [-0.3, -0.25) is 0 Å². The molecule has 88 valence electrons. The van der Waals surface area contributed by atoms with Crippen molar-refractivity contribution in [2.24, 2.45) is 0 Å². The molecule has 17 heavy (non-hydrogen) atoms. The molecule has 0 aliphatic heterocycles. The van der Waals surface area contributed by atoms with E-state index in [9.17, 15) is 9.90 Å². The Kier molecular flexibility index (Phi) is 3.30. The summed E-state index contributed by atoms with van der Waals surface area (Å²) in [5.74, 6) is 0.693. The Morgan fingerprint density at radius 1 is 1.24 bits per heavy atom. The van der Waals surface area contributed by atoms with Crippen LogP contribution in [0.5, 0.6) is 5.75 Å². The Morgan fingerprint density at radius 2 is 2.06 bits per heavy atom. The van der Waals surface area contributed by atoms with Crippen molar-refractivity contribution in [2.45, 2.75) is 6.54 Å². The van der Waals surface area contributed by atoms with E-state index in [1.165, 1.54) is 12.3 Å². The number of amides is 2. The first-order chi connectivity index (χ1) is 8.25. The topological polar surface area (TPSA) is 74.5 Å². The number of urea groups is 1. The average molecular weight is 232 g/mol. The van der Waals surface area contributed by atoms with Crippen molar-refractivity contribution in [1.82, 2.24) is 5.32 Å². The number of rotatable bonds is 3. The van der Waals surface area contributed by atoms with Gasteiger partial charge in [-0.15, -0.1) is 0 Å². The molecule has 0 radical (unpaired) electrons. The Bertz CT molecular complexity index is 494. The number of aromatic hydroxyl groups is 1. The number of hydrogen-bond donors (Lipinski definition) is 3. The molecular weight excluding hydrogens is 220 g/mol. The zero-order chi connectivity index (χ0) is 12.1. The van der Waals surface area contributed by atoms with E-state index in [0.29, 0.717) is 18.0 Å². The number of para-hydroxylation sites is 2. The first kappa shape index (κ1) is 11.1. The highest BCUT2D eigenvalue weighted by molar-refractivity contribution is 5.90. The monoisotopic (exact) mass is 232 g/mol. The van der Waals surface area contributed by atoms with Crippen LogP contribution in [-0.4, -0.2) is 11.1 Å². The molecule has 0 atom stereocenters. The number of anilines is 1. The lowest BCUT2D eigenvalue weighted by molar-refractivity contribution is 0.250. The molecule has 0 saturated heterocycles. The summed E-state index contributed by atoms with van der Waals surface area (Å²) in [5, 5.41) is 14.6. The number of benzene rings is 1. The lowest BCUT2D eigenvalue weighted by Gasteiger charge is -2.07. The van der Waals surface area contributed by atoms with Crippen LogP contribution in [0.15, 0.2) is 47.1 Å². The maximum atomic E-state index is 11.5. The summed E-state index contributed by atoms with van der Waals surface area (Å²) >= 11 is 0. The lowest BCUT2D eigenvalue weighted by Crippen LogP contribution is -2.27. The fourth-order valence-electron chi connectivity index (χ4n) is 1.33. The zero-order valence-electron chi connectivity index (χ0n) is 9.01. The molecule has 0 fully saturated rings. The average Bonchev–Trinajstić information content (AvgIpc) is 2.82. The number of nitrogens with one attached hydrogen (secondary N) is 2. The molecule has 0 saturated carbocycles. The van der Waals surface area contributed by atoms with Crippen LogP contribution in [0.2, 0.25) is 0 Å². The van der Waals surface area contributed by atoms with E-state index in [1.807, 2.05) is 0 Å². The summed E-state index contributed by atoms with van der Waals surface area (Å²) in [6.45, 7) is 0.298. The molecule has 5 heteroatoms. The number of carbonyl (C=O) groups excluding carboxylic acids is 1. The normalized spacial score (nSPS) is 9.88. The van der Waals surface area contributed by atoms with Crippen molar-refractivity contribution in [3.05, 3.63) is 48.4 Å². The van der Waals surface area contributed by atoms with Crippen LogP contribution in [0.3, 0.4) is 0 Å². The quantitative estimate of drug-likeness (QED) is 0.711. The second-order valence-corrected chi connectivity index (χ2v) is 3.40. The Hall–Kier alpha value is -2.43. The van der Waals surface area contributed by atoms with Gasteiger partial charge < -0.3 is 20.2 Å². The maximum Gasteiger partial charge on any atom is 0.319 e. The fraction of sp³-hybridized carbons (Fsp3) is 0.0833. The third-order valence-corrected chi connectivity index (χ3v) is 2.16. The molecule has 0 bridgehead atoms. The summed E-state index contributed by atoms with van der Waals surface area (Å²) in [7, 11) is 0. The van der Waals surface area contributed by atoms with Gasteiger partial charge in [0, 0.05) is 0 Å². The van der Waals surface area contributed by atoms with E-state index in [-0.39, 0.29) is 5.75 Å². The summed E-state index contributed by atoms with van der Waals surface area (Å²) in [4.78, 5) is 11.5. The zero-order valence-corrected chi connectivity index (χ0v) is 9.01. The molecule has 0 unspecified atom stereocenters. The van der Waals surface area contributed by atoms with E-state index in [1.54, 1.807) is 30.3 Å². The van der Waals surface area contributed by atoms with Crippen molar-refractivity contribution in [1.29, 1.82) is 0 Å². The minimum atomic E-state index is -0.400. The Balaban J connectivity index is 1.87. The second kappa shape index (κ2) is 5.07. The molecule has 0 spiro atoms. The van der Waals surface area contributed by atoms with Crippen molar-refractivity contribution < 1.29 is 14.3 Å². The number of furan rings is 1. The number of hydrogen-bond acceptors (Lipinski definition) is 3. The van der Waals surface area contributed by atoms with E-state index in [0.717, 1.165) is 0 Å². The molecule has 1 aromatic heterocycles. The molecule has 0 aliphatic carbocycles. The van der Waals surface area contributed by atoms with Gasteiger partial charge in [-0.2, -0.15) is 0 Å². The third kappa shape index (κ3) is 3.01. The highest BCUT2D eigenvalue weighted by Gasteiger charge is 2.05. The van der Waals surface area contributed by atoms with E-state index >= 15 is 0 Å². The minimum absolute atomic E-state index is 0.0284. The summed E-state index contributed by atoms with van der Waals surface area (Å²) in [6.07, 6.45) is 1.54. The van der Waals surface area contributed by atoms with Crippen LogP contribution >= 0.6 is 0 Å².